The van der Waals surface area contributed by atoms with E-state index >= 15 is 0 Å². The zero-order chi connectivity index (χ0) is 10.1. The third-order valence-electron chi connectivity index (χ3n) is 3.00. The fourth-order valence-electron chi connectivity index (χ4n) is 1.92. The summed E-state index contributed by atoms with van der Waals surface area (Å²) in [7, 11) is 1.96. The van der Waals surface area contributed by atoms with E-state index in [2.05, 4.69) is 4.98 Å². The maximum Gasteiger partial charge on any atom is 0.126 e. The number of imidazole rings is 1. The first-order chi connectivity index (χ1) is 6.70. The van der Waals surface area contributed by atoms with Gasteiger partial charge < -0.3 is 15.0 Å². The molecule has 14 heavy (non-hydrogen) atoms. The number of hydrogen-bond acceptors (Lipinski definition) is 3. The Hall–Kier alpha value is -1.03. The molecule has 2 heterocycles. The summed E-state index contributed by atoms with van der Waals surface area (Å²) >= 11 is 0. The van der Waals surface area contributed by atoms with Crippen molar-refractivity contribution in [2.45, 2.75) is 25.7 Å². The summed E-state index contributed by atoms with van der Waals surface area (Å²) in [5, 5.41) is 0. The second-order valence-corrected chi connectivity index (χ2v) is 3.88. The van der Waals surface area contributed by atoms with Crippen molar-refractivity contribution in [2.24, 2.45) is 7.05 Å². The Morgan fingerprint density at radius 1 is 1.43 bits per heavy atom. The van der Waals surface area contributed by atoms with Crippen molar-refractivity contribution in [1.82, 2.24) is 9.55 Å². The largest absolute Gasteiger partial charge is 0.384 e. The van der Waals surface area contributed by atoms with Gasteiger partial charge in [-0.1, -0.05) is 0 Å². The van der Waals surface area contributed by atoms with Crippen LogP contribution < -0.4 is 5.73 Å². The Morgan fingerprint density at radius 3 is 2.57 bits per heavy atom. The molecule has 2 rings (SSSR count). The molecule has 1 aromatic rings. The van der Waals surface area contributed by atoms with Crippen LogP contribution >= 0.6 is 0 Å². The highest BCUT2D eigenvalue weighted by Gasteiger charge is 2.22. The molecule has 0 atom stereocenters. The number of hydrogen-bond donors (Lipinski definition) is 1. The summed E-state index contributed by atoms with van der Waals surface area (Å²) in [6, 6.07) is 0. The van der Waals surface area contributed by atoms with E-state index < -0.39 is 0 Å². The number of aryl methyl sites for hydroxylation is 1. The van der Waals surface area contributed by atoms with Gasteiger partial charge in [0.25, 0.3) is 0 Å². The Labute approximate surface area is 84.1 Å². The van der Waals surface area contributed by atoms with Crippen LogP contribution in [0.3, 0.4) is 0 Å². The molecule has 4 nitrogen and oxygen atoms in total. The molecule has 4 heteroatoms. The van der Waals surface area contributed by atoms with E-state index in [0.717, 1.165) is 43.4 Å². The van der Waals surface area contributed by atoms with Crippen LogP contribution in [-0.4, -0.2) is 22.8 Å². The van der Waals surface area contributed by atoms with Crippen LogP contribution in [0.5, 0.6) is 0 Å². The van der Waals surface area contributed by atoms with Crippen LogP contribution in [-0.2, 0) is 11.8 Å². The van der Waals surface area contributed by atoms with E-state index in [1.807, 2.05) is 18.5 Å². The van der Waals surface area contributed by atoms with Gasteiger partial charge in [0.2, 0.25) is 0 Å². The molecular formula is C10H17N3O. The molecule has 0 saturated carbocycles. The molecule has 2 N–H and O–H groups in total. The van der Waals surface area contributed by atoms with Crippen molar-refractivity contribution < 1.29 is 4.74 Å². The van der Waals surface area contributed by atoms with E-state index in [1.54, 1.807) is 0 Å². The molecule has 1 fully saturated rings. The lowest BCUT2D eigenvalue weighted by atomic mass is 9.96. The van der Waals surface area contributed by atoms with E-state index in [1.165, 1.54) is 0 Å². The van der Waals surface area contributed by atoms with E-state index in [-0.39, 0.29) is 0 Å². The smallest absolute Gasteiger partial charge is 0.126 e. The molecule has 0 radical (unpaired) electrons. The average molecular weight is 195 g/mol. The molecule has 1 aliphatic heterocycles. The van der Waals surface area contributed by atoms with E-state index in [9.17, 15) is 0 Å². The minimum Gasteiger partial charge on any atom is -0.384 e. The summed E-state index contributed by atoms with van der Waals surface area (Å²) in [6.45, 7) is 3.65. The van der Waals surface area contributed by atoms with Crippen molar-refractivity contribution in [3.63, 3.8) is 0 Å². The van der Waals surface area contributed by atoms with E-state index in [4.69, 9.17) is 10.5 Å². The fourth-order valence-corrected chi connectivity index (χ4v) is 1.92. The summed E-state index contributed by atoms with van der Waals surface area (Å²) in [5.74, 6) is 2.29. The van der Waals surface area contributed by atoms with Gasteiger partial charge >= 0.3 is 0 Å². The first-order valence-electron chi connectivity index (χ1n) is 5.06. The second kappa shape index (κ2) is 3.61. The van der Waals surface area contributed by atoms with Gasteiger partial charge in [-0.25, -0.2) is 4.98 Å². The molecule has 0 bridgehead atoms. The maximum absolute atomic E-state index is 5.99. The molecular weight excluding hydrogens is 178 g/mol. The number of anilines is 1. The number of nitrogens with two attached hydrogens (primary N) is 1. The summed E-state index contributed by atoms with van der Waals surface area (Å²) in [5.41, 5.74) is 7.06. The Morgan fingerprint density at radius 2 is 2.07 bits per heavy atom. The Bertz CT molecular complexity index is 326. The quantitative estimate of drug-likeness (QED) is 0.732. The lowest BCUT2D eigenvalue weighted by molar-refractivity contribution is 0.0847. The Kier molecular flexibility index (Phi) is 2.46. The van der Waals surface area contributed by atoms with Crippen molar-refractivity contribution in [2.75, 3.05) is 18.9 Å². The number of nitrogen functional groups attached to an aromatic ring is 1. The van der Waals surface area contributed by atoms with Crippen LogP contribution in [0.25, 0.3) is 0 Å². The minimum atomic E-state index is 0.489. The van der Waals surface area contributed by atoms with Gasteiger partial charge in [0.1, 0.15) is 11.6 Å². The Balaban J connectivity index is 2.26. The van der Waals surface area contributed by atoms with E-state index in [0.29, 0.717) is 5.92 Å². The lowest BCUT2D eigenvalue weighted by Gasteiger charge is -2.20. The van der Waals surface area contributed by atoms with Gasteiger partial charge in [-0.3, -0.25) is 0 Å². The monoisotopic (exact) mass is 195 g/mol. The minimum absolute atomic E-state index is 0.489. The maximum atomic E-state index is 5.99. The van der Waals surface area contributed by atoms with Crippen LogP contribution in [0, 0.1) is 6.92 Å². The van der Waals surface area contributed by atoms with Crippen molar-refractivity contribution >= 4 is 5.82 Å². The average Bonchev–Trinajstić information content (AvgIpc) is 2.47. The topological polar surface area (TPSA) is 53.1 Å². The second-order valence-electron chi connectivity index (χ2n) is 3.88. The summed E-state index contributed by atoms with van der Waals surface area (Å²) in [4.78, 5) is 4.52. The lowest BCUT2D eigenvalue weighted by Crippen LogP contribution is -2.15. The van der Waals surface area contributed by atoms with Gasteiger partial charge in [-0.15, -0.1) is 0 Å². The fraction of sp³-hybridized carbons (Fsp3) is 0.700. The molecule has 1 aliphatic rings. The normalized spacial score (nSPS) is 18.7. The number of aromatic nitrogens is 2. The van der Waals surface area contributed by atoms with Crippen LogP contribution in [0.2, 0.25) is 0 Å². The first-order valence-corrected chi connectivity index (χ1v) is 5.06. The molecule has 0 aliphatic carbocycles. The van der Waals surface area contributed by atoms with Crippen LogP contribution in [0.15, 0.2) is 0 Å². The summed E-state index contributed by atoms with van der Waals surface area (Å²) in [6.07, 6.45) is 2.08. The highest BCUT2D eigenvalue weighted by atomic mass is 16.5. The molecule has 0 spiro atoms. The SMILES string of the molecule is Cc1nc(C2CCOCC2)c(N)n1C. The number of nitrogens with zero attached hydrogens (tertiary/aromatic N) is 2. The molecule has 0 aromatic carbocycles. The highest BCUT2D eigenvalue weighted by Crippen LogP contribution is 2.30. The number of ether oxygens (including phenoxy) is 1. The number of rotatable bonds is 1. The van der Waals surface area contributed by atoms with Gasteiger partial charge in [0, 0.05) is 26.2 Å². The van der Waals surface area contributed by atoms with Gasteiger partial charge in [0.15, 0.2) is 0 Å². The van der Waals surface area contributed by atoms with Gasteiger partial charge in [-0.2, -0.15) is 0 Å². The van der Waals surface area contributed by atoms with Crippen molar-refractivity contribution in [3.05, 3.63) is 11.5 Å². The predicted octanol–water partition coefficient (Wildman–Crippen LogP) is 1.20. The van der Waals surface area contributed by atoms with Crippen LogP contribution in [0.1, 0.15) is 30.3 Å². The third-order valence-corrected chi connectivity index (χ3v) is 3.00. The standard InChI is InChI=1S/C10H17N3O/c1-7-12-9(10(11)13(7)2)8-3-5-14-6-4-8/h8H,3-6,11H2,1-2H3. The molecule has 0 amide bonds. The van der Waals surface area contributed by atoms with Crippen LogP contribution in [0.4, 0.5) is 5.82 Å². The predicted molar refractivity (Wildman–Crippen MR) is 55.2 cm³/mol. The highest BCUT2D eigenvalue weighted by molar-refractivity contribution is 5.40. The summed E-state index contributed by atoms with van der Waals surface area (Å²) < 4.78 is 7.27. The molecule has 0 unspecified atom stereocenters. The third kappa shape index (κ3) is 1.50. The van der Waals surface area contributed by atoms with Gasteiger partial charge in [0.05, 0.1) is 5.69 Å². The zero-order valence-corrected chi connectivity index (χ0v) is 8.79. The molecule has 1 saturated heterocycles. The molecule has 1 aromatic heterocycles. The van der Waals surface area contributed by atoms with Crippen molar-refractivity contribution in [3.8, 4) is 0 Å². The molecule has 78 valence electrons. The zero-order valence-electron chi connectivity index (χ0n) is 8.79. The first kappa shape index (κ1) is 9.52. The van der Waals surface area contributed by atoms with Gasteiger partial charge in [-0.05, 0) is 19.8 Å². The van der Waals surface area contributed by atoms with Crippen molar-refractivity contribution in [1.29, 1.82) is 0 Å².